The summed E-state index contributed by atoms with van der Waals surface area (Å²) in [6, 6.07) is 8.83. The Labute approximate surface area is 205 Å². The van der Waals surface area contributed by atoms with Crippen LogP contribution in [0.3, 0.4) is 0 Å². The number of ether oxygens (including phenoxy) is 2. The zero-order valence-corrected chi connectivity index (χ0v) is 19.9. The van der Waals surface area contributed by atoms with Gasteiger partial charge in [-0.05, 0) is 47.1 Å². The van der Waals surface area contributed by atoms with Crippen molar-refractivity contribution in [2.24, 2.45) is 0 Å². The second-order valence-electron chi connectivity index (χ2n) is 6.79. The van der Waals surface area contributed by atoms with E-state index in [1.807, 2.05) is 13.0 Å². The molecule has 0 aliphatic rings. The largest absolute Gasteiger partial charge is 0.490 e. The second-order valence-corrected chi connectivity index (χ2v) is 8.04. The lowest BCUT2D eigenvalue weighted by Gasteiger charge is -2.16. The fourth-order valence-corrected chi connectivity index (χ4v) is 3.60. The minimum Gasteiger partial charge on any atom is -0.490 e. The van der Waals surface area contributed by atoms with Gasteiger partial charge in [0.1, 0.15) is 6.61 Å². The number of rotatable bonds is 11. The number of nitrogens with zero attached hydrogens (tertiary/aromatic N) is 2. The van der Waals surface area contributed by atoms with Crippen molar-refractivity contribution in [3.8, 4) is 11.5 Å². The number of nitrogens with one attached hydrogen (secondary N) is 2. The predicted octanol–water partition coefficient (Wildman–Crippen LogP) is 4.11. The molecule has 0 fully saturated rings. The van der Waals surface area contributed by atoms with Gasteiger partial charge in [0.15, 0.2) is 11.5 Å². The molecule has 0 spiro atoms. The van der Waals surface area contributed by atoms with Gasteiger partial charge in [-0.3, -0.25) is 4.79 Å². The Kier molecular flexibility index (Phi) is 9.02. The highest BCUT2D eigenvalue weighted by molar-refractivity contribution is 6.35. The average molecular weight is 515 g/mol. The van der Waals surface area contributed by atoms with Crippen LogP contribution in [-0.4, -0.2) is 35.9 Å². The Morgan fingerprint density at radius 1 is 1.09 bits per heavy atom. The van der Waals surface area contributed by atoms with Gasteiger partial charge in [0.2, 0.25) is 11.5 Å². The van der Waals surface area contributed by atoms with Crippen molar-refractivity contribution in [3.63, 3.8) is 0 Å². The summed E-state index contributed by atoms with van der Waals surface area (Å²) < 4.78 is 16.0. The molecule has 12 heteroatoms. The quantitative estimate of drug-likeness (QED) is 0.327. The van der Waals surface area contributed by atoms with Crippen LogP contribution in [0.15, 0.2) is 35.0 Å². The predicted molar refractivity (Wildman–Crippen MR) is 126 cm³/mol. The van der Waals surface area contributed by atoms with E-state index in [1.54, 1.807) is 24.3 Å². The van der Waals surface area contributed by atoms with Crippen LogP contribution < -0.4 is 25.8 Å². The number of hydrogen-bond donors (Lipinski definition) is 3. The molecule has 9 nitrogen and oxygen atoms in total. The first-order valence-corrected chi connectivity index (χ1v) is 11.1. The zero-order chi connectivity index (χ0) is 23.8. The average Bonchev–Trinajstić information content (AvgIpc) is 3.20. The maximum absolute atomic E-state index is 11.9. The number of nitrogen functional groups attached to an aromatic ring is 1. The highest BCUT2D eigenvalue weighted by atomic mass is 35.5. The van der Waals surface area contributed by atoms with Crippen LogP contribution in [0.5, 0.6) is 11.5 Å². The van der Waals surface area contributed by atoms with Crippen LogP contribution in [0.4, 0.5) is 5.82 Å². The number of anilines is 1. The first kappa shape index (κ1) is 24.9. The zero-order valence-electron chi connectivity index (χ0n) is 17.7. The number of carbonyl (C=O) groups is 1. The van der Waals surface area contributed by atoms with E-state index in [2.05, 4.69) is 25.6 Å². The lowest BCUT2D eigenvalue weighted by atomic mass is 10.2. The van der Waals surface area contributed by atoms with Crippen LogP contribution >= 0.6 is 34.8 Å². The highest BCUT2D eigenvalue weighted by Gasteiger charge is 2.16. The van der Waals surface area contributed by atoms with Crippen LogP contribution in [0, 0.1) is 0 Å². The number of aromatic nitrogens is 2. The van der Waals surface area contributed by atoms with E-state index in [4.69, 9.17) is 50.0 Å². The maximum Gasteiger partial charge on any atom is 0.277 e. The van der Waals surface area contributed by atoms with E-state index in [0.29, 0.717) is 52.8 Å². The van der Waals surface area contributed by atoms with Gasteiger partial charge >= 0.3 is 0 Å². The number of benzene rings is 2. The third-order valence-corrected chi connectivity index (χ3v) is 5.27. The van der Waals surface area contributed by atoms with E-state index in [0.717, 1.165) is 11.1 Å². The van der Waals surface area contributed by atoms with Crippen LogP contribution in [0.2, 0.25) is 15.1 Å². The molecule has 0 unspecified atom stereocenters. The van der Waals surface area contributed by atoms with Crippen LogP contribution in [0.25, 0.3) is 0 Å². The molecule has 33 heavy (non-hydrogen) atoms. The third kappa shape index (κ3) is 6.88. The monoisotopic (exact) mass is 513 g/mol. The van der Waals surface area contributed by atoms with E-state index in [9.17, 15) is 4.79 Å². The van der Waals surface area contributed by atoms with Gasteiger partial charge in [-0.2, -0.15) is 0 Å². The van der Waals surface area contributed by atoms with Gasteiger partial charge in [-0.1, -0.05) is 40.9 Å². The van der Waals surface area contributed by atoms with Crippen molar-refractivity contribution in [1.82, 2.24) is 20.9 Å². The topological polar surface area (TPSA) is 125 Å². The van der Waals surface area contributed by atoms with Gasteiger partial charge in [-0.15, -0.1) is 0 Å². The van der Waals surface area contributed by atoms with Gasteiger partial charge in [0, 0.05) is 35.2 Å². The first-order chi connectivity index (χ1) is 15.9. The SMILES string of the molecule is CCOc1cc(CNCCNC(=O)c2nonc2N)cc(Cl)c1OCc1ccc(Cl)cc1Cl. The number of hydrogen-bond acceptors (Lipinski definition) is 8. The number of nitrogens with two attached hydrogens (primary N) is 1. The molecule has 0 atom stereocenters. The summed E-state index contributed by atoms with van der Waals surface area (Å²) in [5.74, 6) is 0.437. The number of carbonyl (C=O) groups excluding carboxylic acids is 1. The maximum atomic E-state index is 11.9. The molecule has 2 aromatic carbocycles. The minimum atomic E-state index is -0.459. The Balaban J connectivity index is 1.56. The molecule has 1 aromatic heterocycles. The van der Waals surface area contributed by atoms with Crippen LogP contribution in [-0.2, 0) is 13.2 Å². The Bertz CT molecular complexity index is 1110. The fraction of sp³-hybridized carbons (Fsp3) is 0.286. The minimum absolute atomic E-state index is 0.0429. The second kappa shape index (κ2) is 11.9. The molecule has 3 rings (SSSR count). The Hall–Kier alpha value is -2.72. The van der Waals surface area contributed by atoms with Gasteiger partial charge in [-0.25, -0.2) is 4.63 Å². The van der Waals surface area contributed by atoms with Crippen LogP contribution in [0.1, 0.15) is 28.5 Å². The van der Waals surface area contributed by atoms with E-state index in [1.165, 1.54) is 0 Å². The van der Waals surface area contributed by atoms with Gasteiger partial charge in [0.05, 0.1) is 11.6 Å². The van der Waals surface area contributed by atoms with E-state index in [-0.39, 0.29) is 18.1 Å². The molecule has 0 radical (unpaired) electrons. The summed E-state index contributed by atoms with van der Waals surface area (Å²) in [7, 11) is 0. The van der Waals surface area contributed by atoms with Gasteiger partial charge < -0.3 is 25.8 Å². The van der Waals surface area contributed by atoms with Crippen molar-refractivity contribution in [2.75, 3.05) is 25.4 Å². The summed E-state index contributed by atoms with van der Waals surface area (Å²) in [4.78, 5) is 11.9. The molecule has 0 bridgehead atoms. The highest BCUT2D eigenvalue weighted by Crippen LogP contribution is 2.37. The summed E-state index contributed by atoms with van der Waals surface area (Å²) in [5.41, 5.74) is 7.11. The van der Waals surface area contributed by atoms with E-state index < -0.39 is 5.91 Å². The summed E-state index contributed by atoms with van der Waals surface area (Å²) in [5, 5.41) is 14.2. The molecular weight excluding hydrogens is 493 g/mol. The summed E-state index contributed by atoms with van der Waals surface area (Å²) in [6.07, 6.45) is 0. The van der Waals surface area contributed by atoms with Gasteiger partial charge in [0.25, 0.3) is 5.91 Å². The smallest absolute Gasteiger partial charge is 0.277 e. The molecule has 3 aromatic rings. The van der Waals surface area contributed by atoms with Crippen molar-refractivity contribution in [3.05, 3.63) is 62.2 Å². The lowest BCUT2D eigenvalue weighted by Crippen LogP contribution is -2.32. The molecular formula is C21H22Cl3N5O4. The van der Waals surface area contributed by atoms with Crippen molar-refractivity contribution < 1.29 is 18.9 Å². The summed E-state index contributed by atoms with van der Waals surface area (Å²) >= 11 is 18.6. The lowest BCUT2D eigenvalue weighted by molar-refractivity contribution is 0.0944. The molecule has 0 aliphatic heterocycles. The van der Waals surface area contributed by atoms with Crippen molar-refractivity contribution in [1.29, 1.82) is 0 Å². The Morgan fingerprint density at radius 3 is 2.61 bits per heavy atom. The number of amides is 1. The Morgan fingerprint density at radius 2 is 1.91 bits per heavy atom. The third-order valence-electron chi connectivity index (χ3n) is 4.40. The normalized spacial score (nSPS) is 10.8. The molecule has 4 N–H and O–H groups in total. The number of halogens is 3. The molecule has 176 valence electrons. The van der Waals surface area contributed by atoms with Crippen molar-refractivity contribution >= 4 is 46.5 Å². The molecule has 0 saturated carbocycles. The standard InChI is InChI=1S/C21H22Cl3N5O4/c1-2-31-17-8-12(10-26-5-6-27-21(30)18-20(25)29-33-28-18)7-16(24)19(17)32-11-13-3-4-14(22)9-15(13)23/h3-4,7-9,26H,2,5-6,10-11H2,1H3,(H2,25,29)(H,27,30). The first-order valence-electron chi connectivity index (χ1n) is 9.98. The molecule has 1 amide bonds. The molecule has 0 aliphatic carbocycles. The molecule has 0 saturated heterocycles. The summed E-state index contributed by atoms with van der Waals surface area (Å²) in [6.45, 7) is 3.85. The molecule has 1 heterocycles. The fourth-order valence-electron chi connectivity index (χ4n) is 2.85. The van der Waals surface area contributed by atoms with Crippen molar-refractivity contribution in [2.45, 2.75) is 20.1 Å². The van der Waals surface area contributed by atoms with E-state index >= 15 is 0 Å².